The minimum atomic E-state index is -3.80. The van der Waals surface area contributed by atoms with Crippen LogP contribution >= 0.6 is 0 Å². The number of ketones is 1. The van der Waals surface area contributed by atoms with Crippen LogP contribution in [0, 0.1) is 10.1 Å². The lowest BCUT2D eigenvalue weighted by Gasteiger charge is -2.20. The number of nitro benzene ring substituents is 1. The van der Waals surface area contributed by atoms with Crippen LogP contribution in [0.2, 0.25) is 0 Å². The second-order valence-corrected chi connectivity index (χ2v) is 11.2. The molecular weight excluding hydrogens is 442 g/mol. The van der Waals surface area contributed by atoms with E-state index >= 15 is 0 Å². The summed E-state index contributed by atoms with van der Waals surface area (Å²) >= 11 is 0. The Morgan fingerprint density at radius 1 is 1.12 bits per heavy atom. The number of sulfonamides is 1. The molecule has 0 radical (unpaired) electrons. The zero-order chi connectivity index (χ0) is 24.0. The summed E-state index contributed by atoms with van der Waals surface area (Å²) in [6.07, 6.45) is 5.81. The van der Waals surface area contributed by atoms with E-state index in [-0.39, 0.29) is 28.0 Å². The molecule has 1 heterocycles. The molecule has 0 bridgehead atoms. The average Bonchev–Trinajstić information content (AvgIpc) is 3.39. The molecule has 3 aromatic rings. The number of carbonyl (C=O) groups is 1. The number of non-ortho nitro benzene ring substituents is 1. The van der Waals surface area contributed by atoms with Crippen molar-refractivity contribution in [1.29, 1.82) is 0 Å². The van der Waals surface area contributed by atoms with Gasteiger partial charge in [0.1, 0.15) is 0 Å². The Hall–Kier alpha value is -3.04. The maximum Gasteiger partial charge on any atom is 0.271 e. The van der Waals surface area contributed by atoms with E-state index in [1.807, 2.05) is 4.57 Å². The molecule has 1 aliphatic rings. The first kappa shape index (κ1) is 23.1. The maximum atomic E-state index is 13.5. The van der Waals surface area contributed by atoms with Gasteiger partial charge in [-0.3, -0.25) is 14.9 Å². The second-order valence-electron chi connectivity index (χ2n) is 9.56. The van der Waals surface area contributed by atoms with Gasteiger partial charge in [-0.05, 0) is 51.8 Å². The number of fused-ring (bicyclic) bond motifs is 1. The highest BCUT2D eigenvalue weighted by Crippen LogP contribution is 2.36. The van der Waals surface area contributed by atoms with Crippen LogP contribution in [0.5, 0.6) is 0 Å². The molecule has 1 aromatic heterocycles. The monoisotopic (exact) mass is 469 g/mol. The number of carbonyl (C=O) groups excluding carboxylic acids is 1. The molecule has 33 heavy (non-hydrogen) atoms. The van der Waals surface area contributed by atoms with Crippen LogP contribution < -0.4 is 4.72 Å². The Labute approximate surface area is 192 Å². The van der Waals surface area contributed by atoms with E-state index in [1.165, 1.54) is 24.3 Å². The van der Waals surface area contributed by atoms with E-state index in [1.54, 1.807) is 45.2 Å². The van der Waals surface area contributed by atoms with Gasteiger partial charge in [-0.25, -0.2) is 13.1 Å². The minimum Gasteiger partial charge on any atom is -0.343 e. The minimum absolute atomic E-state index is 0.0124. The molecule has 4 rings (SSSR count). The first-order valence-corrected chi connectivity index (χ1v) is 12.4. The van der Waals surface area contributed by atoms with Gasteiger partial charge in [-0.2, -0.15) is 0 Å². The smallest absolute Gasteiger partial charge is 0.271 e. The molecule has 9 heteroatoms. The van der Waals surface area contributed by atoms with Crippen LogP contribution in [-0.2, 0) is 10.0 Å². The predicted octanol–water partition coefficient (Wildman–Crippen LogP) is 4.97. The normalized spacial score (nSPS) is 15.2. The van der Waals surface area contributed by atoms with Crippen LogP contribution in [0.4, 0.5) is 5.69 Å². The van der Waals surface area contributed by atoms with Crippen molar-refractivity contribution >= 4 is 32.4 Å². The molecule has 0 unspecified atom stereocenters. The van der Waals surface area contributed by atoms with E-state index in [9.17, 15) is 23.3 Å². The summed E-state index contributed by atoms with van der Waals surface area (Å²) in [4.78, 5) is 24.4. The van der Waals surface area contributed by atoms with E-state index < -0.39 is 20.5 Å². The van der Waals surface area contributed by atoms with Crippen LogP contribution in [0.3, 0.4) is 0 Å². The summed E-state index contributed by atoms with van der Waals surface area (Å²) in [7, 11) is -3.80. The fourth-order valence-corrected chi connectivity index (χ4v) is 5.90. The van der Waals surface area contributed by atoms with Gasteiger partial charge in [0.05, 0.1) is 15.3 Å². The number of nitro groups is 1. The summed E-state index contributed by atoms with van der Waals surface area (Å²) in [5, 5.41) is 12.0. The molecular formula is C24H27N3O5S. The van der Waals surface area contributed by atoms with Crippen LogP contribution in [0.25, 0.3) is 10.9 Å². The topological polar surface area (TPSA) is 111 Å². The molecule has 174 valence electrons. The Morgan fingerprint density at radius 2 is 1.82 bits per heavy atom. The van der Waals surface area contributed by atoms with Crippen molar-refractivity contribution in [2.45, 2.75) is 62.9 Å². The molecule has 0 amide bonds. The van der Waals surface area contributed by atoms with Gasteiger partial charge >= 0.3 is 0 Å². The Bertz CT molecular complexity index is 1350. The zero-order valence-electron chi connectivity index (χ0n) is 18.9. The number of benzene rings is 2. The standard InChI is InChI=1S/C24H27N3O5S/c1-24(2,3)25-33(31,32)19-10-6-7-16(13-19)23(28)21-15-26(17-8-4-5-9-17)22-14-18(27(29)30)11-12-20(21)22/h6-7,10-15,17,25H,4-5,8-9H2,1-3H3. The molecule has 0 spiro atoms. The Morgan fingerprint density at radius 3 is 2.45 bits per heavy atom. The van der Waals surface area contributed by atoms with Crippen molar-refractivity contribution in [3.05, 3.63) is 69.9 Å². The fraction of sp³-hybridized carbons (Fsp3) is 0.375. The quantitative estimate of drug-likeness (QED) is 0.311. The molecule has 1 saturated carbocycles. The lowest BCUT2D eigenvalue weighted by molar-refractivity contribution is -0.384. The largest absolute Gasteiger partial charge is 0.343 e. The average molecular weight is 470 g/mol. The van der Waals surface area contributed by atoms with Crippen LogP contribution in [-0.4, -0.2) is 29.2 Å². The third kappa shape index (κ3) is 4.69. The van der Waals surface area contributed by atoms with Gasteiger partial charge in [0.2, 0.25) is 10.0 Å². The van der Waals surface area contributed by atoms with Crippen molar-refractivity contribution in [2.75, 3.05) is 0 Å². The number of hydrogen-bond donors (Lipinski definition) is 1. The SMILES string of the molecule is CC(C)(C)NS(=O)(=O)c1cccc(C(=O)c2cn(C3CCCC3)c3cc([N+](=O)[O-])ccc23)c1. The highest BCUT2D eigenvalue weighted by Gasteiger charge is 2.26. The molecule has 0 atom stereocenters. The van der Waals surface area contributed by atoms with E-state index in [4.69, 9.17) is 0 Å². The summed E-state index contributed by atoms with van der Waals surface area (Å²) in [6, 6.07) is 10.7. The molecule has 2 aromatic carbocycles. The predicted molar refractivity (Wildman–Crippen MR) is 126 cm³/mol. The summed E-state index contributed by atoms with van der Waals surface area (Å²) in [5.41, 5.74) is 0.612. The number of nitrogens with one attached hydrogen (secondary N) is 1. The van der Waals surface area contributed by atoms with Crippen molar-refractivity contribution in [2.24, 2.45) is 0 Å². The summed E-state index contributed by atoms with van der Waals surface area (Å²) in [6.45, 7) is 5.24. The lowest BCUT2D eigenvalue weighted by Crippen LogP contribution is -2.40. The first-order chi connectivity index (χ1) is 15.5. The number of nitrogens with zero attached hydrogens (tertiary/aromatic N) is 2. The third-order valence-electron chi connectivity index (χ3n) is 5.84. The van der Waals surface area contributed by atoms with Gasteiger partial charge < -0.3 is 4.57 Å². The molecule has 8 nitrogen and oxygen atoms in total. The lowest BCUT2D eigenvalue weighted by atomic mass is 10.0. The molecule has 1 N–H and O–H groups in total. The van der Waals surface area contributed by atoms with Crippen molar-refractivity contribution in [3.8, 4) is 0 Å². The van der Waals surface area contributed by atoms with Gasteiger partial charge in [0, 0.05) is 46.4 Å². The second kappa shape index (κ2) is 8.39. The van der Waals surface area contributed by atoms with Gasteiger partial charge in [0.25, 0.3) is 5.69 Å². The number of rotatable bonds is 6. The number of hydrogen-bond acceptors (Lipinski definition) is 5. The Balaban J connectivity index is 1.80. The highest BCUT2D eigenvalue weighted by molar-refractivity contribution is 7.89. The van der Waals surface area contributed by atoms with E-state index in [2.05, 4.69) is 4.72 Å². The van der Waals surface area contributed by atoms with E-state index in [0.29, 0.717) is 16.5 Å². The number of aromatic nitrogens is 1. The molecule has 0 saturated heterocycles. The van der Waals surface area contributed by atoms with Crippen molar-refractivity contribution < 1.29 is 18.1 Å². The van der Waals surface area contributed by atoms with Gasteiger partial charge in [-0.15, -0.1) is 0 Å². The first-order valence-electron chi connectivity index (χ1n) is 10.9. The molecule has 0 aliphatic heterocycles. The zero-order valence-corrected chi connectivity index (χ0v) is 19.7. The fourth-order valence-electron chi connectivity index (χ4n) is 4.44. The third-order valence-corrected chi connectivity index (χ3v) is 7.59. The molecule has 1 aliphatic carbocycles. The van der Waals surface area contributed by atoms with Crippen molar-refractivity contribution in [3.63, 3.8) is 0 Å². The Kier molecular flexibility index (Phi) is 5.88. The van der Waals surface area contributed by atoms with E-state index in [0.717, 1.165) is 25.7 Å². The van der Waals surface area contributed by atoms with Gasteiger partial charge in [0.15, 0.2) is 5.78 Å². The summed E-state index contributed by atoms with van der Waals surface area (Å²) < 4.78 is 30.1. The highest BCUT2D eigenvalue weighted by atomic mass is 32.2. The molecule has 1 fully saturated rings. The maximum absolute atomic E-state index is 13.5. The van der Waals surface area contributed by atoms with Gasteiger partial charge in [-0.1, -0.05) is 25.0 Å². The summed E-state index contributed by atoms with van der Waals surface area (Å²) in [5.74, 6) is -0.321. The van der Waals surface area contributed by atoms with Crippen LogP contribution in [0.15, 0.2) is 53.6 Å². The van der Waals surface area contributed by atoms with Crippen molar-refractivity contribution in [1.82, 2.24) is 9.29 Å². The van der Waals surface area contributed by atoms with Crippen LogP contribution in [0.1, 0.15) is 68.4 Å².